The van der Waals surface area contributed by atoms with Gasteiger partial charge in [-0.05, 0) is 24.2 Å². The van der Waals surface area contributed by atoms with Crippen molar-refractivity contribution in [3.05, 3.63) is 0 Å². The van der Waals surface area contributed by atoms with Gasteiger partial charge in [-0.1, -0.05) is 46.5 Å². The molecule has 1 heteroatoms. The van der Waals surface area contributed by atoms with Gasteiger partial charge in [-0.2, -0.15) is 0 Å². The summed E-state index contributed by atoms with van der Waals surface area (Å²) < 4.78 is 0. The summed E-state index contributed by atoms with van der Waals surface area (Å²) in [6.45, 7) is 6.84. The zero-order valence-electron chi connectivity index (χ0n) is 9.42. The van der Waals surface area contributed by atoms with Gasteiger partial charge in [-0.3, -0.25) is 0 Å². The molecule has 1 fully saturated rings. The lowest BCUT2D eigenvalue weighted by Gasteiger charge is -2.29. The highest BCUT2D eigenvalue weighted by Gasteiger charge is 2.21. The van der Waals surface area contributed by atoms with E-state index in [0.29, 0.717) is 12.0 Å². The first kappa shape index (κ1) is 11.0. The van der Waals surface area contributed by atoms with E-state index in [4.69, 9.17) is 5.73 Å². The summed E-state index contributed by atoms with van der Waals surface area (Å²) >= 11 is 0. The van der Waals surface area contributed by atoms with Gasteiger partial charge < -0.3 is 5.73 Å². The van der Waals surface area contributed by atoms with Gasteiger partial charge >= 0.3 is 0 Å². The van der Waals surface area contributed by atoms with Crippen LogP contribution in [-0.2, 0) is 0 Å². The Morgan fingerprint density at radius 1 is 1.15 bits per heavy atom. The summed E-state index contributed by atoms with van der Waals surface area (Å²) in [6, 6.07) is 0.429. The molecule has 1 nitrogen and oxygen atoms in total. The van der Waals surface area contributed by atoms with E-state index in [2.05, 4.69) is 20.8 Å². The number of hydrogen-bond donors (Lipinski definition) is 1. The largest absolute Gasteiger partial charge is 0.327 e. The molecule has 0 amide bonds. The minimum Gasteiger partial charge on any atom is -0.327 e. The molecule has 2 N–H and O–H groups in total. The lowest BCUT2D eigenvalue weighted by Crippen LogP contribution is -2.30. The molecule has 1 atom stereocenters. The van der Waals surface area contributed by atoms with Crippen molar-refractivity contribution in [3.8, 4) is 0 Å². The molecule has 13 heavy (non-hydrogen) atoms. The van der Waals surface area contributed by atoms with Crippen LogP contribution in [0, 0.1) is 17.8 Å². The van der Waals surface area contributed by atoms with E-state index < -0.39 is 0 Å². The molecule has 0 bridgehead atoms. The van der Waals surface area contributed by atoms with E-state index in [1.807, 2.05) is 0 Å². The number of nitrogens with two attached hydrogens (primary N) is 1. The fourth-order valence-corrected chi connectivity index (χ4v) is 2.22. The molecule has 0 saturated heterocycles. The molecule has 0 aromatic rings. The minimum atomic E-state index is 0.429. The minimum absolute atomic E-state index is 0.429. The van der Waals surface area contributed by atoms with Gasteiger partial charge in [0.1, 0.15) is 0 Å². The van der Waals surface area contributed by atoms with Crippen molar-refractivity contribution in [2.45, 2.75) is 58.9 Å². The maximum Gasteiger partial charge on any atom is 0.00645 e. The quantitative estimate of drug-likeness (QED) is 0.714. The van der Waals surface area contributed by atoms with Crippen LogP contribution in [0.2, 0.25) is 0 Å². The second-order valence-electron chi connectivity index (χ2n) is 5.27. The van der Waals surface area contributed by atoms with E-state index >= 15 is 0 Å². The highest BCUT2D eigenvalue weighted by Crippen LogP contribution is 2.31. The first-order valence-corrected chi connectivity index (χ1v) is 5.85. The summed E-state index contributed by atoms with van der Waals surface area (Å²) in [5.74, 6) is 2.54. The molecule has 0 aliphatic heterocycles. The van der Waals surface area contributed by atoms with Crippen LogP contribution in [0.25, 0.3) is 0 Å². The standard InChI is InChI=1S/C12H25N/c1-9(2)12(13)8-11-6-4-10(3)5-7-11/h9-12H,4-8,13H2,1-3H3/t10?,11?,12-/m1/s1. The molecule has 0 unspecified atom stereocenters. The Bertz CT molecular complexity index is 134. The second kappa shape index (κ2) is 4.99. The normalized spacial score (nSPS) is 32.1. The topological polar surface area (TPSA) is 26.0 Å². The predicted molar refractivity (Wildman–Crippen MR) is 58.6 cm³/mol. The zero-order valence-corrected chi connectivity index (χ0v) is 9.42. The lowest BCUT2D eigenvalue weighted by atomic mass is 9.79. The average molecular weight is 183 g/mol. The fourth-order valence-electron chi connectivity index (χ4n) is 2.22. The van der Waals surface area contributed by atoms with Gasteiger partial charge in [-0.15, -0.1) is 0 Å². The maximum atomic E-state index is 6.08. The van der Waals surface area contributed by atoms with Gasteiger partial charge in [-0.25, -0.2) is 0 Å². The molecule has 1 saturated carbocycles. The first-order valence-electron chi connectivity index (χ1n) is 5.85. The van der Waals surface area contributed by atoms with Gasteiger partial charge in [0.05, 0.1) is 0 Å². The second-order valence-corrected chi connectivity index (χ2v) is 5.27. The molecule has 0 heterocycles. The van der Waals surface area contributed by atoms with Crippen molar-refractivity contribution in [3.63, 3.8) is 0 Å². The Labute approximate surface area is 83.1 Å². The molecule has 0 radical (unpaired) electrons. The molecule has 0 spiro atoms. The summed E-state index contributed by atoms with van der Waals surface area (Å²) in [6.07, 6.45) is 6.94. The summed E-state index contributed by atoms with van der Waals surface area (Å²) in [5.41, 5.74) is 6.08. The van der Waals surface area contributed by atoms with E-state index in [9.17, 15) is 0 Å². The Hall–Kier alpha value is -0.0400. The molecule has 1 rings (SSSR count). The van der Waals surface area contributed by atoms with Crippen molar-refractivity contribution in [2.24, 2.45) is 23.5 Å². The molecular weight excluding hydrogens is 158 g/mol. The van der Waals surface area contributed by atoms with Crippen LogP contribution >= 0.6 is 0 Å². The Morgan fingerprint density at radius 2 is 1.69 bits per heavy atom. The summed E-state index contributed by atoms with van der Waals surface area (Å²) in [7, 11) is 0. The van der Waals surface area contributed by atoms with Crippen LogP contribution in [0.3, 0.4) is 0 Å². The Kier molecular flexibility index (Phi) is 4.24. The molecule has 1 aliphatic rings. The lowest BCUT2D eigenvalue weighted by molar-refractivity contribution is 0.251. The van der Waals surface area contributed by atoms with Crippen LogP contribution in [0.5, 0.6) is 0 Å². The fraction of sp³-hybridized carbons (Fsp3) is 1.00. The van der Waals surface area contributed by atoms with E-state index in [1.54, 1.807) is 0 Å². The molecule has 1 aliphatic carbocycles. The number of rotatable bonds is 3. The average Bonchev–Trinajstić information content (AvgIpc) is 2.08. The van der Waals surface area contributed by atoms with E-state index in [1.165, 1.54) is 32.1 Å². The highest BCUT2D eigenvalue weighted by atomic mass is 14.6. The van der Waals surface area contributed by atoms with Crippen molar-refractivity contribution < 1.29 is 0 Å². The van der Waals surface area contributed by atoms with Crippen molar-refractivity contribution in [1.82, 2.24) is 0 Å². The first-order chi connectivity index (χ1) is 6.09. The molecular formula is C12H25N. The van der Waals surface area contributed by atoms with Crippen LogP contribution in [0.1, 0.15) is 52.9 Å². The molecule has 0 aromatic heterocycles. The Morgan fingerprint density at radius 3 is 2.15 bits per heavy atom. The van der Waals surface area contributed by atoms with Crippen LogP contribution in [-0.4, -0.2) is 6.04 Å². The third-order valence-electron chi connectivity index (χ3n) is 3.60. The summed E-state index contributed by atoms with van der Waals surface area (Å²) in [4.78, 5) is 0. The van der Waals surface area contributed by atoms with Crippen LogP contribution in [0.4, 0.5) is 0 Å². The van der Waals surface area contributed by atoms with Gasteiger partial charge in [0.15, 0.2) is 0 Å². The predicted octanol–water partition coefficient (Wildman–Crippen LogP) is 3.19. The summed E-state index contributed by atoms with van der Waals surface area (Å²) in [5, 5.41) is 0. The maximum absolute atomic E-state index is 6.08. The van der Waals surface area contributed by atoms with Gasteiger partial charge in [0.25, 0.3) is 0 Å². The third-order valence-corrected chi connectivity index (χ3v) is 3.60. The van der Waals surface area contributed by atoms with E-state index in [0.717, 1.165) is 11.8 Å². The SMILES string of the molecule is CC1CCC(C[C@@H](N)C(C)C)CC1. The smallest absolute Gasteiger partial charge is 0.00645 e. The van der Waals surface area contributed by atoms with Crippen molar-refractivity contribution >= 4 is 0 Å². The molecule has 0 aromatic carbocycles. The van der Waals surface area contributed by atoms with Gasteiger partial charge in [0, 0.05) is 6.04 Å². The number of hydrogen-bond acceptors (Lipinski definition) is 1. The van der Waals surface area contributed by atoms with Crippen molar-refractivity contribution in [1.29, 1.82) is 0 Å². The Balaban J connectivity index is 2.22. The van der Waals surface area contributed by atoms with Crippen LogP contribution < -0.4 is 5.73 Å². The van der Waals surface area contributed by atoms with Crippen LogP contribution in [0.15, 0.2) is 0 Å². The zero-order chi connectivity index (χ0) is 9.84. The third kappa shape index (κ3) is 3.68. The molecule has 78 valence electrons. The van der Waals surface area contributed by atoms with E-state index in [-0.39, 0.29) is 0 Å². The van der Waals surface area contributed by atoms with Crippen molar-refractivity contribution in [2.75, 3.05) is 0 Å². The highest BCUT2D eigenvalue weighted by molar-refractivity contribution is 4.75. The monoisotopic (exact) mass is 183 g/mol. The van der Waals surface area contributed by atoms with Gasteiger partial charge in [0.2, 0.25) is 0 Å².